The van der Waals surface area contributed by atoms with Crippen LogP contribution in [0.3, 0.4) is 0 Å². The minimum Gasteiger partial charge on any atom is -0.337 e. The summed E-state index contributed by atoms with van der Waals surface area (Å²) < 4.78 is 57.0. The van der Waals surface area contributed by atoms with Crippen LogP contribution in [0.4, 0.5) is 17.6 Å². The largest absolute Gasteiger partial charge is 0.337 e. The van der Waals surface area contributed by atoms with E-state index in [-0.39, 0.29) is 25.7 Å². The van der Waals surface area contributed by atoms with Crippen LogP contribution in [0.15, 0.2) is 4.63 Å². The molecule has 1 aliphatic rings. The number of alkyl halides is 4. The molecular formula is C12H15F4N3O2. The van der Waals surface area contributed by atoms with E-state index in [0.717, 1.165) is 4.90 Å². The van der Waals surface area contributed by atoms with Crippen molar-refractivity contribution in [2.24, 2.45) is 0 Å². The van der Waals surface area contributed by atoms with Crippen molar-refractivity contribution in [1.82, 2.24) is 15.2 Å². The zero-order valence-electron chi connectivity index (χ0n) is 11.6. The predicted molar refractivity (Wildman–Crippen MR) is 63.2 cm³/mol. The van der Waals surface area contributed by atoms with E-state index in [1.807, 2.05) is 0 Å². The molecule has 0 unspecified atom stereocenters. The highest BCUT2D eigenvalue weighted by molar-refractivity contribution is 5.93. The van der Waals surface area contributed by atoms with Crippen LogP contribution >= 0.6 is 0 Å². The summed E-state index contributed by atoms with van der Waals surface area (Å²) >= 11 is 0. The number of aromatic nitrogens is 2. The van der Waals surface area contributed by atoms with Gasteiger partial charge < -0.3 is 4.90 Å². The van der Waals surface area contributed by atoms with Crippen molar-refractivity contribution in [3.63, 3.8) is 0 Å². The molecule has 5 nitrogen and oxygen atoms in total. The topological polar surface area (TPSA) is 59.2 Å². The molecule has 0 spiro atoms. The van der Waals surface area contributed by atoms with Gasteiger partial charge in [-0.2, -0.15) is 8.78 Å². The Morgan fingerprint density at radius 1 is 1.33 bits per heavy atom. The van der Waals surface area contributed by atoms with Crippen LogP contribution in [0.2, 0.25) is 0 Å². The third kappa shape index (κ3) is 3.33. The second kappa shape index (κ2) is 5.27. The van der Waals surface area contributed by atoms with E-state index in [1.165, 1.54) is 7.05 Å². The van der Waals surface area contributed by atoms with Gasteiger partial charge in [0, 0.05) is 32.9 Å². The van der Waals surface area contributed by atoms with E-state index >= 15 is 0 Å². The lowest BCUT2D eigenvalue weighted by molar-refractivity contribution is -0.0491. The smallest absolute Gasteiger partial charge is 0.292 e. The third-order valence-corrected chi connectivity index (χ3v) is 3.66. The molecule has 0 N–H and O–H groups in total. The third-order valence-electron chi connectivity index (χ3n) is 3.66. The molecule has 9 heteroatoms. The lowest BCUT2D eigenvalue weighted by Crippen LogP contribution is -2.42. The molecule has 1 aromatic rings. The Bertz CT molecular complexity index is 517. The van der Waals surface area contributed by atoms with E-state index < -0.39 is 35.2 Å². The fraction of sp³-hybridized carbons (Fsp3) is 0.750. The molecule has 1 amide bonds. The van der Waals surface area contributed by atoms with Crippen molar-refractivity contribution in [3.8, 4) is 0 Å². The second-order valence-corrected chi connectivity index (χ2v) is 5.35. The van der Waals surface area contributed by atoms with Crippen LogP contribution < -0.4 is 0 Å². The molecule has 0 atom stereocenters. The van der Waals surface area contributed by atoms with Crippen LogP contribution in [0.1, 0.15) is 48.8 Å². The summed E-state index contributed by atoms with van der Waals surface area (Å²) in [4.78, 5) is 13.3. The van der Waals surface area contributed by atoms with Gasteiger partial charge in [0.2, 0.25) is 11.6 Å². The lowest BCUT2D eigenvalue weighted by Gasteiger charge is -2.34. The van der Waals surface area contributed by atoms with Gasteiger partial charge in [-0.05, 0) is 23.2 Å². The molecule has 0 radical (unpaired) electrons. The molecule has 1 fully saturated rings. The first-order valence-electron chi connectivity index (χ1n) is 6.48. The summed E-state index contributed by atoms with van der Waals surface area (Å²) in [6, 6.07) is -0.438. The van der Waals surface area contributed by atoms with Crippen LogP contribution in [0.25, 0.3) is 0 Å². The van der Waals surface area contributed by atoms with Crippen LogP contribution in [0.5, 0.6) is 0 Å². The Morgan fingerprint density at radius 2 is 1.90 bits per heavy atom. The van der Waals surface area contributed by atoms with Gasteiger partial charge in [-0.15, -0.1) is 0 Å². The van der Waals surface area contributed by atoms with Crippen LogP contribution in [0, 0.1) is 0 Å². The monoisotopic (exact) mass is 309 g/mol. The average molecular weight is 309 g/mol. The molecule has 118 valence electrons. The van der Waals surface area contributed by atoms with Gasteiger partial charge in [-0.25, -0.2) is 13.4 Å². The molecule has 1 aliphatic carbocycles. The van der Waals surface area contributed by atoms with E-state index in [4.69, 9.17) is 0 Å². The highest BCUT2D eigenvalue weighted by Crippen LogP contribution is 2.35. The SMILES string of the molecule is CN(C(=O)c1nonc1C(C)(F)F)C1CCC(F)(F)CC1. The first-order chi connectivity index (χ1) is 9.62. The highest BCUT2D eigenvalue weighted by atomic mass is 19.3. The zero-order valence-corrected chi connectivity index (χ0v) is 11.6. The second-order valence-electron chi connectivity index (χ2n) is 5.35. The summed E-state index contributed by atoms with van der Waals surface area (Å²) in [6.07, 6.45) is -0.441. The number of nitrogens with zero attached hydrogens (tertiary/aromatic N) is 3. The van der Waals surface area contributed by atoms with Gasteiger partial charge in [0.05, 0.1) is 0 Å². The Kier molecular flexibility index (Phi) is 3.94. The number of hydrogen-bond acceptors (Lipinski definition) is 4. The van der Waals surface area contributed by atoms with E-state index in [9.17, 15) is 22.4 Å². The van der Waals surface area contributed by atoms with E-state index in [0.29, 0.717) is 6.92 Å². The van der Waals surface area contributed by atoms with Gasteiger partial charge in [-0.1, -0.05) is 0 Å². The quantitative estimate of drug-likeness (QED) is 0.806. The van der Waals surface area contributed by atoms with Gasteiger partial charge >= 0.3 is 0 Å². The number of carbonyl (C=O) groups is 1. The number of hydrogen-bond donors (Lipinski definition) is 0. The molecule has 1 saturated carbocycles. The fourth-order valence-electron chi connectivity index (χ4n) is 2.36. The minimum atomic E-state index is -3.37. The predicted octanol–water partition coefficient (Wildman–Crippen LogP) is 2.83. The molecule has 2 rings (SSSR count). The molecule has 0 saturated heterocycles. The maximum Gasteiger partial charge on any atom is 0.292 e. The summed E-state index contributed by atoms with van der Waals surface area (Å²) in [6.45, 7) is 0.574. The Labute approximate surface area is 118 Å². The Morgan fingerprint density at radius 3 is 2.43 bits per heavy atom. The molecule has 21 heavy (non-hydrogen) atoms. The maximum atomic E-state index is 13.3. The average Bonchev–Trinajstić information content (AvgIpc) is 2.86. The zero-order chi connectivity index (χ0) is 15.8. The van der Waals surface area contributed by atoms with E-state index in [2.05, 4.69) is 14.9 Å². The van der Waals surface area contributed by atoms with Gasteiger partial charge in [-0.3, -0.25) is 4.79 Å². The summed E-state index contributed by atoms with van der Waals surface area (Å²) in [7, 11) is 1.38. The fourth-order valence-corrected chi connectivity index (χ4v) is 2.36. The standard InChI is InChI=1S/C12H15F4N3O2/c1-11(13,14)9-8(17-21-18-9)10(20)19(2)7-3-5-12(15,16)6-4-7/h7H,3-6H2,1-2H3. The van der Waals surface area contributed by atoms with Crippen molar-refractivity contribution in [2.75, 3.05) is 7.05 Å². The van der Waals surface area contributed by atoms with Crippen molar-refractivity contribution in [3.05, 3.63) is 11.4 Å². The Balaban J connectivity index is 2.12. The van der Waals surface area contributed by atoms with Crippen molar-refractivity contribution >= 4 is 5.91 Å². The first-order valence-corrected chi connectivity index (χ1v) is 6.48. The van der Waals surface area contributed by atoms with Crippen LogP contribution in [-0.4, -0.2) is 40.1 Å². The molecule has 1 heterocycles. The van der Waals surface area contributed by atoms with Crippen molar-refractivity contribution < 1.29 is 27.0 Å². The van der Waals surface area contributed by atoms with Crippen molar-refractivity contribution in [1.29, 1.82) is 0 Å². The van der Waals surface area contributed by atoms with Gasteiger partial charge in [0.1, 0.15) is 0 Å². The highest BCUT2D eigenvalue weighted by Gasteiger charge is 2.40. The van der Waals surface area contributed by atoms with Crippen molar-refractivity contribution in [2.45, 2.75) is 50.5 Å². The summed E-state index contributed by atoms with van der Waals surface area (Å²) in [5, 5.41) is 6.28. The molecular weight excluding hydrogens is 294 g/mol. The summed E-state index contributed by atoms with van der Waals surface area (Å²) in [5.41, 5.74) is -1.43. The number of halogens is 4. The van der Waals surface area contributed by atoms with Gasteiger partial charge in [0.15, 0.2) is 5.69 Å². The normalized spacial score (nSPS) is 19.5. The first kappa shape index (κ1) is 15.7. The molecule has 1 aromatic heterocycles. The minimum absolute atomic E-state index is 0.109. The van der Waals surface area contributed by atoms with E-state index in [1.54, 1.807) is 0 Å². The Hall–Kier alpha value is -1.67. The lowest BCUT2D eigenvalue weighted by atomic mass is 9.91. The number of rotatable bonds is 3. The molecule has 0 bridgehead atoms. The maximum absolute atomic E-state index is 13.3. The van der Waals surface area contributed by atoms with Gasteiger partial charge in [0.25, 0.3) is 11.8 Å². The number of carbonyl (C=O) groups excluding carboxylic acids is 1. The summed E-state index contributed by atoms with van der Waals surface area (Å²) in [5.74, 6) is -6.90. The number of amides is 1. The molecule has 0 aliphatic heterocycles. The molecule has 0 aromatic carbocycles. The van der Waals surface area contributed by atoms with Crippen LogP contribution in [-0.2, 0) is 5.92 Å².